The van der Waals surface area contributed by atoms with Crippen LogP contribution < -0.4 is 4.74 Å². The van der Waals surface area contributed by atoms with Crippen molar-refractivity contribution < 1.29 is 14.3 Å². The van der Waals surface area contributed by atoms with E-state index >= 15 is 0 Å². The number of ether oxygens (including phenoxy) is 2. The second kappa shape index (κ2) is 10.3. The molecule has 0 N–H and O–H groups in total. The van der Waals surface area contributed by atoms with Crippen LogP contribution in [0, 0.1) is 6.92 Å². The molecule has 0 aliphatic heterocycles. The van der Waals surface area contributed by atoms with Crippen molar-refractivity contribution in [1.82, 2.24) is 19.3 Å². The van der Waals surface area contributed by atoms with Crippen molar-refractivity contribution in [3.8, 4) is 17.0 Å². The van der Waals surface area contributed by atoms with Gasteiger partial charge in [0.25, 0.3) is 0 Å². The van der Waals surface area contributed by atoms with Crippen LogP contribution in [0.2, 0.25) is 0 Å². The zero-order valence-corrected chi connectivity index (χ0v) is 19.2. The van der Waals surface area contributed by atoms with Crippen LogP contribution in [0.5, 0.6) is 5.75 Å². The van der Waals surface area contributed by atoms with E-state index in [-0.39, 0.29) is 12.3 Å². The molecule has 0 saturated heterocycles. The van der Waals surface area contributed by atoms with Gasteiger partial charge in [-0.15, -0.1) is 0 Å². The van der Waals surface area contributed by atoms with E-state index in [2.05, 4.69) is 4.98 Å². The molecule has 7 heteroatoms. The van der Waals surface area contributed by atoms with E-state index in [1.165, 1.54) is 0 Å². The maximum Gasteiger partial charge on any atom is 0.228 e. The van der Waals surface area contributed by atoms with Gasteiger partial charge in [0.1, 0.15) is 11.4 Å². The maximum absolute atomic E-state index is 13.5. The number of nitrogens with zero attached hydrogens (tertiary/aromatic N) is 4. The molecule has 1 aromatic carbocycles. The fraction of sp³-hybridized carbons (Fsp3) is 0.269. The topological polar surface area (TPSA) is 69.0 Å². The summed E-state index contributed by atoms with van der Waals surface area (Å²) >= 11 is 0. The summed E-state index contributed by atoms with van der Waals surface area (Å²) in [6.45, 7) is 3.47. The molecule has 0 spiro atoms. The third-order valence-corrected chi connectivity index (χ3v) is 5.58. The van der Waals surface area contributed by atoms with Gasteiger partial charge in [-0.05, 0) is 60.5 Å². The van der Waals surface area contributed by atoms with Crippen molar-refractivity contribution in [3.63, 3.8) is 0 Å². The van der Waals surface area contributed by atoms with Gasteiger partial charge in [-0.2, -0.15) is 0 Å². The molecule has 0 aliphatic carbocycles. The van der Waals surface area contributed by atoms with Gasteiger partial charge in [0, 0.05) is 44.4 Å². The number of aryl methyl sites for hydroxylation is 1. The van der Waals surface area contributed by atoms with Gasteiger partial charge in [-0.25, -0.2) is 4.98 Å². The summed E-state index contributed by atoms with van der Waals surface area (Å²) in [5, 5.41) is 0. The Morgan fingerprint density at radius 3 is 2.64 bits per heavy atom. The van der Waals surface area contributed by atoms with Gasteiger partial charge in [0.05, 0.1) is 31.5 Å². The number of methoxy groups -OCH3 is 2. The Bertz CT molecular complexity index is 1220. The highest BCUT2D eigenvalue weighted by molar-refractivity contribution is 5.82. The second-order valence-electron chi connectivity index (χ2n) is 7.91. The fourth-order valence-corrected chi connectivity index (χ4v) is 3.81. The molecule has 7 nitrogen and oxygen atoms in total. The first kappa shape index (κ1) is 22.5. The minimum absolute atomic E-state index is 0.00744. The molecule has 3 heterocycles. The van der Waals surface area contributed by atoms with Gasteiger partial charge in [0.15, 0.2) is 0 Å². The Kier molecular flexibility index (Phi) is 7.00. The van der Waals surface area contributed by atoms with Crippen LogP contribution in [0.25, 0.3) is 16.9 Å². The first-order valence-electron chi connectivity index (χ1n) is 10.9. The Labute approximate surface area is 193 Å². The summed E-state index contributed by atoms with van der Waals surface area (Å²) < 4.78 is 12.6. The Morgan fingerprint density at radius 1 is 1.12 bits per heavy atom. The van der Waals surface area contributed by atoms with Crippen molar-refractivity contribution >= 4 is 11.6 Å². The standard InChI is InChI=1S/C26H28N4O3/c1-19-10-12-30-23(26(28-24(30)15-19)21-6-8-22(33-3)9-7-21)16-25(31)29(13-14-32-2)18-20-5-4-11-27-17-20/h4-12,15,17H,13-14,16,18H2,1-3H3. The molecule has 1 amide bonds. The number of carbonyl (C=O) groups excluding carboxylic acids is 1. The van der Waals surface area contributed by atoms with Gasteiger partial charge >= 0.3 is 0 Å². The van der Waals surface area contributed by atoms with Gasteiger partial charge in [0.2, 0.25) is 5.91 Å². The number of hydrogen-bond donors (Lipinski definition) is 0. The van der Waals surface area contributed by atoms with Crippen molar-refractivity contribution in [2.24, 2.45) is 0 Å². The largest absolute Gasteiger partial charge is 0.497 e. The van der Waals surface area contributed by atoms with Crippen molar-refractivity contribution in [2.45, 2.75) is 19.9 Å². The Morgan fingerprint density at radius 2 is 1.94 bits per heavy atom. The number of rotatable bonds is 9. The minimum atomic E-state index is 0.00744. The van der Waals surface area contributed by atoms with E-state index in [1.54, 1.807) is 26.6 Å². The van der Waals surface area contributed by atoms with Crippen molar-refractivity contribution in [3.05, 3.63) is 83.9 Å². The van der Waals surface area contributed by atoms with Gasteiger partial charge in [-0.3, -0.25) is 9.78 Å². The molecule has 0 atom stereocenters. The highest BCUT2D eigenvalue weighted by Gasteiger charge is 2.21. The molecule has 0 unspecified atom stereocenters. The van der Waals surface area contributed by atoms with E-state index in [0.29, 0.717) is 19.7 Å². The van der Waals surface area contributed by atoms with Crippen LogP contribution in [0.1, 0.15) is 16.8 Å². The zero-order valence-electron chi connectivity index (χ0n) is 19.2. The van der Waals surface area contributed by atoms with E-state index in [4.69, 9.17) is 14.5 Å². The second-order valence-corrected chi connectivity index (χ2v) is 7.91. The summed E-state index contributed by atoms with van der Waals surface area (Å²) in [4.78, 5) is 24.4. The van der Waals surface area contributed by atoms with Crippen LogP contribution in [-0.4, -0.2) is 52.5 Å². The number of fused-ring (bicyclic) bond motifs is 1. The number of benzene rings is 1. The summed E-state index contributed by atoms with van der Waals surface area (Å²) in [6, 6.07) is 15.7. The average molecular weight is 445 g/mol. The predicted octanol–water partition coefficient (Wildman–Crippen LogP) is 3.93. The number of hydrogen-bond acceptors (Lipinski definition) is 5. The highest BCUT2D eigenvalue weighted by Crippen LogP contribution is 2.27. The van der Waals surface area contributed by atoms with Crippen LogP contribution >= 0.6 is 0 Å². The zero-order chi connectivity index (χ0) is 23.2. The van der Waals surface area contributed by atoms with Gasteiger partial charge in [-0.1, -0.05) is 6.07 Å². The molecular weight excluding hydrogens is 416 g/mol. The lowest BCUT2D eigenvalue weighted by atomic mass is 10.1. The Balaban J connectivity index is 1.69. The van der Waals surface area contributed by atoms with E-state index in [0.717, 1.165) is 39.5 Å². The van der Waals surface area contributed by atoms with Crippen molar-refractivity contribution in [1.29, 1.82) is 0 Å². The van der Waals surface area contributed by atoms with Crippen LogP contribution in [0.3, 0.4) is 0 Å². The third-order valence-electron chi connectivity index (χ3n) is 5.58. The summed E-state index contributed by atoms with van der Waals surface area (Å²) in [5.41, 5.74) is 5.50. The monoisotopic (exact) mass is 444 g/mol. The lowest BCUT2D eigenvalue weighted by molar-refractivity contribution is -0.131. The summed E-state index contributed by atoms with van der Waals surface area (Å²) in [7, 11) is 3.28. The number of carbonyl (C=O) groups is 1. The molecule has 170 valence electrons. The molecule has 33 heavy (non-hydrogen) atoms. The molecule has 0 radical (unpaired) electrons. The van der Waals surface area contributed by atoms with Crippen LogP contribution in [0.15, 0.2) is 67.1 Å². The average Bonchev–Trinajstić information content (AvgIpc) is 3.19. The molecule has 0 aliphatic rings. The molecule has 4 rings (SSSR count). The number of aromatic nitrogens is 3. The smallest absolute Gasteiger partial charge is 0.228 e. The number of amides is 1. The first-order valence-corrected chi connectivity index (χ1v) is 10.9. The molecule has 3 aromatic heterocycles. The van der Waals surface area contributed by atoms with Gasteiger partial charge < -0.3 is 18.8 Å². The SMILES string of the molecule is COCCN(Cc1cccnc1)C(=O)Cc1c(-c2ccc(OC)cc2)nc2cc(C)ccn12. The summed E-state index contributed by atoms with van der Waals surface area (Å²) in [5.74, 6) is 0.784. The number of pyridine rings is 2. The third kappa shape index (κ3) is 5.21. The fourth-order valence-electron chi connectivity index (χ4n) is 3.81. The van der Waals surface area contributed by atoms with Crippen LogP contribution in [-0.2, 0) is 22.5 Å². The molecule has 0 saturated carbocycles. The number of imidazole rings is 1. The van der Waals surface area contributed by atoms with Crippen molar-refractivity contribution in [2.75, 3.05) is 27.4 Å². The minimum Gasteiger partial charge on any atom is -0.497 e. The van der Waals surface area contributed by atoms with E-state index < -0.39 is 0 Å². The lowest BCUT2D eigenvalue weighted by Gasteiger charge is -2.22. The lowest BCUT2D eigenvalue weighted by Crippen LogP contribution is -2.35. The molecular formula is C26H28N4O3. The molecule has 0 bridgehead atoms. The molecule has 0 fully saturated rings. The maximum atomic E-state index is 13.5. The summed E-state index contributed by atoms with van der Waals surface area (Å²) in [6.07, 6.45) is 5.71. The van der Waals surface area contributed by atoms with Crippen LogP contribution in [0.4, 0.5) is 0 Å². The van der Waals surface area contributed by atoms with E-state index in [1.807, 2.05) is 71.0 Å². The normalized spacial score (nSPS) is 11.0. The Hall–Kier alpha value is -3.71. The van der Waals surface area contributed by atoms with E-state index in [9.17, 15) is 4.79 Å². The quantitative estimate of drug-likeness (QED) is 0.391. The first-order chi connectivity index (χ1) is 16.1. The predicted molar refractivity (Wildman–Crippen MR) is 127 cm³/mol. The highest BCUT2D eigenvalue weighted by atomic mass is 16.5. The molecule has 4 aromatic rings.